The third-order valence-corrected chi connectivity index (χ3v) is 4.64. The predicted molar refractivity (Wildman–Crippen MR) is 86.0 cm³/mol. The van der Waals surface area contributed by atoms with Gasteiger partial charge in [-0.05, 0) is 13.3 Å². The molecular weight excluding hydrogens is 288 g/mol. The summed E-state index contributed by atoms with van der Waals surface area (Å²) in [6.45, 7) is 6.72. The van der Waals surface area contributed by atoms with Crippen LogP contribution in [0.3, 0.4) is 0 Å². The van der Waals surface area contributed by atoms with Crippen LogP contribution in [-0.4, -0.2) is 24.4 Å². The third-order valence-electron chi connectivity index (χ3n) is 3.38. The highest BCUT2D eigenvalue weighted by molar-refractivity contribution is 7.99. The van der Waals surface area contributed by atoms with E-state index in [1.807, 2.05) is 23.6 Å². The standard InChI is InChI=1S/C14H20N4O2S/c1-5-7-8-18-10-11(15-14(18)21-9(3)6-2)17(4)13(20)16-12(10)19/h5,7,9H,6,8H2,1-4H3,(H,16,19,20)/b7-5+. The molecule has 21 heavy (non-hydrogen) atoms. The highest BCUT2D eigenvalue weighted by atomic mass is 32.2. The van der Waals surface area contributed by atoms with E-state index in [2.05, 4.69) is 23.8 Å². The molecule has 7 heteroatoms. The summed E-state index contributed by atoms with van der Waals surface area (Å²) in [6, 6.07) is 0. The molecule has 1 atom stereocenters. The molecule has 0 saturated carbocycles. The van der Waals surface area contributed by atoms with Crippen molar-refractivity contribution in [3.8, 4) is 0 Å². The normalized spacial score (nSPS) is 13.3. The topological polar surface area (TPSA) is 72.7 Å². The number of hydrogen-bond donors (Lipinski definition) is 1. The number of thioether (sulfide) groups is 1. The molecule has 114 valence electrons. The van der Waals surface area contributed by atoms with Crippen LogP contribution in [0.15, 0.2) is 26.9 Å². The van der Waals surface area contributed by atoms with E-state index in [1.54, 1.807) is 18.8 Å². The quantitative estimate of drug-likeness (QED) is 0.676. The molecule has 0 fully saturated rings. The molecule has 0 amide bonds. The van der Waals surface area contributed by atoms with E-state index >= 15 is 0 Å². The molecule has 0 aliphatic rings. The van der Waals surface area contributed by atoms with Gasteiger partial charge >= 0.3 is 5.69 Å². The van der Waals surface area contributed by atoms with Crippen molar-refractivity contribution in [2.45, 2.75) is 44.1 Å². The van der Waals surface area contributed by atoms with Gasteiger partial charge in [-0.1, -0.05) is 37.8 Å². The number of allylic oxidation sites excluding steroid dienone is 2. The zero-order valence-electron chi connectivity index (χ0n) is 12.7. The Bertz CT molecular complexity index is 785. The highest BCUT2D eigenvalue weighted by Gasteiger charge is 2.18. The molecule has 1 unspecified atom stereocenters. The van der Waals surface area contributed by atoms with Crippen molar-refractivity contribution in [2.24, 2.45) is 7.05 Å². The Morgan fingerprint density at radius 1 is 1.43 bits per heavy atom. The van der Waals surface area contributed by atoms with E-state index in [0.717, 1.165) is 11.6 Å². The number of aryl methyl sites for hydroxylation is 1. The van der Waals surface area contributed by atoms with Gasteiger partial charge in [-0.3, -0.25) is 14.3 Å². The zero-order chi connectivity index (χ0) is 15.6. The second-order valence-corrected chi connectivity index (χ2v) is 6.31. The molecule has 0 spiro atoms. The van der Waals surface area contributed by atoms with Crippen molar-refractivity contribution in [1.82, 2.24) is 19.1 Å². The van der Waals surface area contributed by atoms with Crippen LogP contribution in [0.2, 0.25) is 0 Å². The lowest BCUT2D eigenvalue weighted by Gasteiger charge is -2.09. The van der Waals surface area contributed by atoms with Gasteiger partial charge in [-0.2, -0.15) is 0 Å². The van der Waals surface area contributed by atoms with Gasteiger partial charge in [0.2, 0.25) is 0 Å². The average molecular weight is 308 g/mol. The van der Waals surface area contributed by atoms with Gasteiger partial charge in [0.05, 0.1) is 0 Å². The molecule has 2 aromatic rings. The first-order valence-electron chi connectivity index (χ1n) is 6.96. The molecular formula is C14H20N4O2S. The minimum atomic E-state index is -0.441. The molecule has 0 aliphatic heterocycles. The smallest absolute Gasteiger partial charge is 0.309 e. The number of nitrogens with one attached hydrogen (secondary N) is 1. The summed E-state index contributed by atoms with van der Waals surface area (Å²) in [6.07, 6.45) is 4.90. The molecule has 1 N–H and O–H groups in total. The molecule has 0 saturated heterocycles. The maximum atomic E-state index is 12.1. The summed E-state index contributed by atoms with van der Waals surface area (Å²) >= 11 is 1.62. The minimum Gasteiger partial charge on any atom is -0.309 e. The van der Waals surface area contributed by atoms with Crippen LogP contribution in [0, 0.1) is 0 Å². The molecule has 2 rings (SSSR count). The van der Waals surface area contributed by atoms with E-state index in [-0.39, 0.29) is 5.56 Å². The first-order valence-corrected chi connectivity index (χ1v) is 7.84. The lowest BCUT2D eigenvalue weighted by molar-refractivity contribution is 0.738. The van der Waals surface area contributed by atoms with Crippen LogP contribution in [0.4, 0.5) is 0 Å². The Morgan fingerprint density at radius 2 is 2.14 bits per heavy atom. The first-order chi connectivity index (χ1) is 9.99. The molecule has 0 aromatic carbocycles. The molecule has 0 radical (unpaired) electrons. The number of aromatic amines is 1. The number of H-pyrrole nitrogens is 1. The van der Waals surface area contributed by atoms with E-state index in [0.29, 0.717) is 23.0 Å². The summed E-state index contributed by atoms with van der Waals surface area (Å²) in [4.78, 5) is 30.7. The Hall–Kier alpha value is -1.76. The number of hydrogen-bond acceptors (Lipinski definition) is 4. The summed E-state index contributed by atoms with van der Waals surface area (Å²) in [7, 11) is 1.62. The SMILES string of the molecule is C/C=C/Cn1c(SC(C)CC)nc2c1c(=O)[nH]c(=O)n2C. The van der Waals surface area contributed by atoms with Crippen LogP contribution in [0.5, 0.6) is 0 Å². The van der Waals surface area contributed by atoms with Crippen LogP contribution in [-0.2, 0) is 13.6 Å². The van der Waals surface area contributed by atoms with Crippen molar-refractivity contribution in [3.05, 3.63) is 33.0 Å². The largest absolute Gasteiger partial charge is 0.329 e. The van der Waals surface area contributed by atoms with Crippen molar-refractivity contribution in [2.75, 3.05) is 0 Å². The number of imidazole rings is 1. The van der Waals surface area contributed by atoms with E-state index < -0.39 is 5.69 Å². The van der Waals surface area contributed by atoms with Crippen LogP contribution >= 0.6 is 11.8 Å². The lowest BCUT2D eigenvalue weighted by atomic mass is 10.4. The van der Waals surface area contributed by atoms with Gasteiger partial charge in [0.25, 0.3) is 5.56 Å². The fraction of sp³-hybridized carbons (Fsp3) is 0.500. The van der Waals surface area contributed by atoms with Gasteiger partial charge in [0.15, 0.2) is 16.3 Å². The van der Waals surface area contributed by atoms with Gasteiger partial charge in [0, 0.05) is 18.8 Å². The highest BCUT2D eigenvalue weighted by Crippen LogP contribution is 2.26. The summed E-state index contributed by atoms with van der Waals surface area (Å²) < 4.78 is 3.24. The third kappa shape index (κ3) is 2.97. The van der Waals surface area contributed by atoms with E-state index in [9.17, 15) is 9.59 Å². The number of fused-ring (bicyclic) bond motifs is 1. The van der Waals surface area contributed by atoms with Crippen LogP contribution in [0.1, 0.15) is 27.2 Å². The van der Waals surface area contributed by atoms with Gasteiger partial charge < -0.3 is 4.57 Å². The fourth-order valence-electron chi connectivity index (χ4n) is 1.95. The van der Waals surface area contributed by atoms with Gasteiger partial charge in [-0.15, -0.1) is 0 Å². The Balaban J connectivity index is 2.72. The lowest BCUT2D eigenvalue weighted by Crippen LogP contribution is -2.29. The molecule has 0 aliphatic carbocycles. The Labute approximate surface area is 126 Å². The summed E-state index contributed by atoms with van der Waals surface area (Å²) in [5.74, 6) is 0. The number of rotatable bonds is 5. The van der Waals surface area contributed by atoms with Gasteiger partial charge in [0.1, 0.15) is 0 Å². The second kappa shape index (κ2) is 6.34. The first kappa shape index (κ1) is 15.6. The van der Waals surface area contributed by atoms with Gasteiger partial charge in [-0.25, -0.2) is 9.78 Å². The van der Waals surface area contributed by atoms with E-state index in [4.69, 9.17) is 0 Å². The molecule has 2 heterocycles. The molecule has 2 aromatic heterocycles. The van der Waals surface area contributed by atoms with E-state index in [1.165, 1.54) is 4.57 Å². The van der Waals surface area contributed by atoms with Crippen molar-refractivity contribution < 1.29 is 0 Å². The van der Waals surface area contributed by atoms with Crippen LogP contribution in [0.25, 0.3) is 11.2 Å². The zero-order valence-corrected chi connectivity index (χ0v) is 13.5. The average Bonchev–Trinajstić information content (AvgIpc) is 2.81. The second-order valence-electron chi connectivity index (χ2n) is 4.90. The summed E-state index contributed by atoms with van der Waals surface area (Å²) in [5.41, 5.74) is 0.0458. The minimum absolute atomic E-state index is 0.388. The van der Waals surface area contributed by atoms with Crippen molar-refractivity contribution >= 4 is 22.9 Å². The maximum Gasteiger partial charge on any atom is 0.329 e. The molecule has 6 nitrogen and oxygen atoms in total. The number of aromatic nitrogens is 4. The number of nitrogens with zero attached hydrogens (tertiary/aromatic N) is 3. The summed E-state index contributed by atoms with van der Waals surface area (Å²) in [5, 5.41) is 1.16. The monoisotopic (exact) mass is 308 g/mol. The fourth-order valence-corrected chi connectivity index (χ4v) is 2.91. The maximum absolute atomic E-state index is 12.1. The Morgan fingerprint density at radius 3 is 2.76 bits per heavy atom. The molecule has 0 bridgehead atoms. The Kier molecular flexibility index (Phi) is 4.72. The van der Waals surface area contributed by atoms with Crippen molar-refractivity contribution in [3.63, 3.8) is 0 Å². The van der Waals surface area contributed by atoms with Crippen molar-refractivity contribution in [1.29, 1.82) is 0 Å². The predicted octanol–water partition coefficient (Wildman–Crippen LogP) is 1.89. The van der Waals surface area contributed by atoms with Crippen LogP contribution < -0.4 is 11.2 Å².